The van der Waals surface area contributed by atoms with Gasteiger partial charge in [0.15, 0.2) is 0 Å². The third kappa shape index (κ3) is 6.76. The van der Waals surface area contributed by atoms with E-state index in [0.717, 1.165) is 4.88 Å². The highest BCUT2D eigenvalue weighted by atomic mass is 32.2. The molecule has 1 aromatic rings. The van der Waals surface area contributed by atoms with E-state index in [4.69, 9.17) is 9.84 Å². The molecule has 0 radical (unpaired) electrons. The maximum atomic E-state index is 11.6. The number of amides is 1. The second-order valence-electron chi connectivity index (χ2n) is 5.02. The third-order valence-corrected chi connectivity index (χ3v) is 4.05. The van der Waals surface area contributed by atoms with Crippen molar-refractivity contribution in [1.29, 1.82) is 0 Å². The van der Waals surface area contributed by atoms with Crippen molar-refractivity contribution >= 4 is 35.2 Å². The molecule has 0 aliphatic heterocycles. The van der Waals surface area contributed by atoms with Gasteiger partial charge in [0, 0.05) is 22.6 Å². The highest BCUT2D eigenvalue weighted by molar-refractivity contribution is 7.98. The summed E-state index contributed by atoms with van der Waals surface area (Å²) in [6.45, 7) is 5.17. The molecule has 112 valence electrons. The van der Waals surface area contributed by atoms with Gasteiger partial charge in [0.05, 0.1) is 5.51 Å². The molecule has 1 amide bonds. The van der Waals surface area contributed by atoms with Crippen molar-refractivity contribution in [3.8, 4) is 0 Å². The first-order valence-corrected chi connectivity index (χ1v) is 7.99. The second-order valence-corrected chi connectivity index (χ2v) is 7.02. The van der Waals surface area contributed by atoms with Crippen molar-refractivity contribution in [2.24, 2.45) is 0 Å². The molecule has 1 aromatic heterocycles. The SMILES string of the molecule is CC(C)(C)OC(=O)NC(CSCc1cncs1)C(=O)O. The molecule has 0 bridgehead atoms. The highest BCUT2D eigenvalue weighted by Crippen LogP contribution is 2.16. The van der Waals surface area contributed by atoms with E-state index in [0.29, 0.717) is 5.75 Å². The van der Waals surface area contributed by atoms with E-state index in [2.05, 4.69) is 10.3 Å². The van der Waals surface area contributed by atoms with Crippen LogP contribution in [0.2, 0.25) is 0 Å². The van der Waals surface area contributed by atoms with Crippen LogP contribution in [0.3, 0.4) is 0 Å². The van der Waals surface area contributed by atoms with Crippen LogP contribution < -0.4 is 5.32 Å². The molecule has 1 atom stereocenters. The zero-order chi connectivity index (χ0) is 15.2. The number of aromatic nitrogens is 1. The molecule has 2 N–H and O–H groups in total. The fourth-order valence-electron chi connectivity index (χ4n) is 1.22. The van der Waals surface area contributed by atoms with Crippen LogP contribution in [0.1, 0.15) is 25.6 Å². The molecule has 8 heteroatoms. The number of ether oxygens (including phenoxy) is 1. The summed E-state index contributed by atoms with van der Waals surface area (Å²) in [6, 6.07) is -0.970. The Labute approximate surface area is 125 Å². The van der Waals surface area contributed by atoms with Crippen molar-refractivity contribution in [3.63, 3.8) is 0 Å². The van der Waals surface area contributed by atoms with Gasteiger partial charge >= 0.3 is 12.1 Å². The van der Waals surface area contributed by atoms with Crippen LogP contribution in [0.25, 0.3) is 0 Å². The molecule has 0 spiro atoms. The number of thiazole rings is 1. The van der Waals surface area contributed by atoms with Crippen LogP contribution in [-0.4, -0.2) is 39.5 Å². The van der Waals surface area contributed by atoms with Crippen molar-refractivity contribution in [1.82, 2.24) is 10.3 Å². The number of hydrogen-bond donors (Lipinski definition) is 2. The zero-order valence-corrected chi connectivity index (χ0v) is 13.2. The lowest BCUT2D eigenvalue weighted by atomic mass is 10.2. The van der Waals surface area contributed by atoms with Gasteiger partial charge in [0.25, 0.3) is 0 Å². The second kappa shape index (κ2) is 7.49. The summed E-state index contributed by atoms with van der Waals surface area (Å²) in [5.41, 5.74) is 1.08. The summed E-state index contributed by atoms with van der Waals surface area (Å²) in [4.78, 5) is 27.7. The molecule has 0 saturated heterocycles. The van der Waals surface area contributed by atoms with Crippen LogP contribution in [0.5, 0.6) is 0 Å². The molecule has 1 rings (SSSR count). The fraction of sp³-hybridized carbons (Fsp3) is 0.583. The molecule has 0 aliphatic carbocycles. The standard InChI is InChI=1S/C12H18N2O4S2/c1-12(2,3)18-11(17)14-9(10(15)16)6-19-5-8-4-13-7-20-8/h4,7,9H,5-6H2,1-3H3,(H,14,17)(H,15,16). The van der Waals surface area contributed by atoms with Gasteiger partial charge < -0.3 is 15.2 Å². The zero-order valence-electron chi connectivity index (χ0n) is 11.6. The minimum atomic E-state index is -1.08. The van der Waals surface area contributed by atoms with Crippen LogP contribution in [0.4, 0.5) is 4.79 Å². The van der Waals surface area contributed by atoms with E-state index < -0.39 is 23.7 Å². The maximum Gasteiger partial charge on any atom is 0.408 e. The van der Waals surface area contributed by atoms with Crippen LogP contribution in [-0.2, 0) is 15.3 Å². The Morgan fingerprint density at radius 2 is 2.25 bits per heavy atom. The van der Waals surface area contributed by atoms with Gasteiger partial charge in [0.1, 0.15) is 11.6 Å². The Balaban J connectivity index is 2.40. The van der Waals surface area contributed by atoms with Gasteiger partial charge in [-0.25, -0.2) is 9.59 Å². The van der Waals surface area contributed by atoms with Crippen molar-refractivity contribution in [2.75, 3.05) is 5.75 Å². The van der Waals surface area contributed by atoms with Crippen LogP contribution >= 0.6 is 23.1 Å². The molecule has 1 unspecified atom stereocenters. The molecule has 6 nitrogen and oxygen atoms in total. The van der Waals surface area contributed by atoms with E-state index >= 15 is 0 Å². The molecule has 0 aromatic carbocycles. The lowest BCUT2D eigenvalue weighted by Gasteiger charge is -2.21. The van der Waals surface area contributed by atoms with E-state index in [1.807, 2.05) is 0 Å². The number of carbonyl (C=O) groups is 2. The number of rotatable bonds is 6. The van der Waals surface area contributed by atoms with Crippen LogP contribution in [0.15, 0.2) is 11.7 Å². The molecule has 20 heavy (non-hydrogen) atoms. The van der Waals surface area contributed by atoms with E-state index in [9.17, 15) is 9.59 Å². The van der Waals surface area contributed by atoms with Gasteiger partial charge in [-0.2, -0.15) is 11.8 Å². The van der Waals surface area contributed by atoms with Crippen molar-refractivity contribution in [2.45, 2.75) is 38.2 Å². The van der Waals surface area contributed by atoms with Gasteiger partial charge in [-0.15, -0.1) is 11.3 Å². The third-order valence-electron chi connectivity index (χ3n) is 2.00. The summed E-state index contributed by atoms with van der Waals surface area (Å²) in [5, 5.41) is 11.4. The van der Waals surface area contributed by atoms with Crippen molar-refractivity contribution < 1.29 is 19.4 Å². The smallest absolute Gasteiger partial charge is 0.408 e. The number of carbonyl (C=O) groups excluding carboxylic acids is 1. The summed E-state index contributed by atoms with van der Waals surface area (Å²) >= 11 is 2.94. The Hall–Kier alpha value is -1.28. The fourth-order valence-corrected chi connectivity index (χ4v) is 2.97. The average Bonchev–Trinajstić information content (AvgIpc) is 2.77. The monoisotopic (exact) mass is 318 g/mol. The molecule has 0 fully saturated rings. The lowest BCUT2D eigenvalue weighted by molar-refractivity contribution is -0.138. The number of nitrogens with zero attached hydrogens (tertiary/aromatic N) is 1. The average molecular weight is 318 g/mol. The minimum Gasteiger partial charge on any atom is -0.480 e. The first kappa shape index (κ1) is 16.8. The normalized spacial score (nSPS) is 12.8. The number of thioether (sulfide) groups is 1. The predicted octanol–water partition coefficient (Wildman–Crippen LogP) is 2.35. The molecular formula is C12H18N2O4S2. The number of aliphatic carboxylic acids is 1. The quantitative estimate of drug-likeness (QED) is 0.837. The first-order valence-electron chi connectivity index (χ1n) is 5.95. The molecular weight excluding hydrogens is 300 g/mol. The van der Waals surface area contributed by atoms with Gasteiger partial charge in [-0.3, -0.25) is 4.98 Å². The Bertz CT molecular complexity index is 443. The summed E-state index contributed by atoms with van der Waals surface area (Å²) < 4.78 is 5.04. The Kier molecular flexibility index (Phi) is 6.28. The van der Waals surface area contributed by atoms with Crippen LogP contribution in [0, 0.1) is 0 Å². The number of hydrogen-bond acceptors (Lipinski definition) is 6. The highest BCUT2D eigenvalue weighted by Gasteiger charge is 2.23. The number of carboxylic acids is 1. The predicted molar refractivity (Wildman–Crippen MR) is 79.1 cm³/mol. The summed E-state index contributed by atoms with van der Waals surface area (Å²) in [6.07, 6.45) is 1.03. The molecule has 0 saturated carbocycles. The van der Waals surface area contributed by atoms with E-state index in [1.165, 1.54) is 23.1 Å². The van der Waals surface area contributed by atoms with Gasteiger partial charge in [-0.05, 0) is 20.8 Å². The Morgan fingerprint density at radius 3 is 2.75 bits per heavy atom. The number of alkyl carbamates (subject to hydrolysis) is 1. The molecule has 0 aliphatic rings. The first-order chi connectivity index (χ1) is 9.28. The number of nitrogens with one attached hydrogen (secondary N) is 1. The summed E-state index contributed by atoms with van der Waals surface area (Å²) in [7, 11) is 0. The summed E-state index contributed by atoms with van der Waals surface area (Å²) in [5.74, 6) is -0.135. The minimum absolute atomic E-state index is 0.270. The largest absolute Gasteiger partial charge is 0.480 e. The van der Waals surface area contributed by atoms with E-state index in [-0.39, 0.29) is 5.75 Å². The maximum absolute atomic E-state index is 11.6. The van der Waals surface area contributed by atoms with Gasteiger partial charge in [-0.1, -0.05) is 0 Å². The van der Waals surface area contributed by atoms with Gasteiger partial charge in [0.2, 0.25) is 0 Å². The lowest BCUT2D eigenvalue weighted by Crippen LogP contribution is -2.44. The Morgan fingerprint density at radius 1 is 1.55 bits per heavy atom. The number of carboxylic acid groups (broad SMARTS) is 1. The van der Waals surface area contributed by atoms with E-state index in [1.54, 1.807) is 32.5 Å². The van der Waals surface area contributed by atoms with Crippen molar-refractivity contribution in [3.05, 3.63) is 16.6 Å². The molecule has 1 heterocycles. The topological polar surface area (TPSA) is 88.5 Å².